The lowest BCUT2D eigenvalue weighted by atomic mass is 10.1. The Kier molecular flexibility index (Phi) is 7.66. The van der Waals surface area contributed by atoms with Crippen molar-refractivity contribution in [2.75, 3.05) is 13.2 Å². The molecule has 2 aromatic rings. The standard InChI is InChI=1S/C24H23ClN2O4S/c1-4-10-27-23(29)18(22(28)26-24(27)32)11-17-12-19(25)21(20(13-17)30-5-2)31-14-16-8-6-15(3)7-9-16/h4,6-9,11-13H,1,5,10,14H2,2-3H3,(H,26,28,32)/b18-11+. The zero-order valence-corrected chi connectivity index (χ0v) is 19.4. The van der Waals surface area contributed by atoms with Gasteiger partial charge < -0.3 is 9.47 Å². The summed E-state index contributed by atoms with van der Waals surface area (Å²) in [6.45, 7) is 8.36. The maximum absolute atomic E-state index is 12.8. The summed E-state index contributed by atoms with van der Waals surface area (Å²) in [5.74, 6) is -0.271. The van der Waals surface area contributed by atoms with Crippen molar-refractivity contribution in [1.29, 1.82) is 0 Å². The second-order valence-corrected chi connectivity index (χ2v) is 7.85. The van der Waals surface area contributed by atoms with Gasteiger partial charge in [-0.15, -0.1) is 6.58 Å². The van der Waals surface area contributed by atoms with Crippen LogP contribution in [0.2, 0.25) is 5.02 Å². The van der Waals surface area contributed by atoms with Gasteiger partial charge in [-0.3, -0.25) is 19.8 Å². The molecule has 1 aliphatic heterocycles. The Morgan fingerprint density at radius 3 is 2.56 bits per heavy atom. The molecular weight excluding hydrogens is 448 g/mol. The number of thiocarbonyl (C=S) groups is 1. The highest BCUT2D eigenvalue weighted by Crippen LogP contribution is 2.38. The number of aryl methyl sites for hydroxylation is 1. The van der Waals surface area contributed by atoms with Crippen LogP contribution < -0.4 is 14.8 Å². The van der Waals surface area contributed by atoms with Crippen molar-refractivity contribution >= 4 is 46.8 Å². The van der Waals surface area contributed by atoms with Crippen LogP contribution in [0, 0.1) is 6.92 Å². The summed E-state index contributed by atoms with van der Waals surface area (Å²) in [4.78, 5) is 26.4. The third kappa shape index (κ3) is 5.36. The van der Waals surface area contributed by atoms with Crippen LogP contribution in [0.25, 0.3) is 6.08 Å². The van der Waals surface area contributed by atoms with Gasteiger partial charge >= 0.3 is 0 Å². The van der Waals surface area contributed by atoms with E-state index in [2.05, 4.69) is 11.9 Å². The number of hydrogen-bond donors (Lipinski definition) is 1. The smallest absolute Gasteiger partial charge is 0.265 e. The highest BCUT2D eigenvalue weighted by atomic mass is 35.5. The molecule has 1 aliphatic rings. The normalized spacial score (nSPS) is 15.0. The van der Waals surface area contributed by atoms with E-state index in [9.17, 15) is 9.59 Å². The maximum atomic E-state index is 12.8. The monoisotopic (exact) mass is 470 g/mol. The molecule has 2 aromatic carbocycles. The summed E-state index contributed by atoms with van der Waals surface area (Å²) < 4.78 is 11.7. The molecule has 0 radical (unpaired) electrons. The molecule has 0 saturated carbocycles. The van der Waals surface area contributed by atoms with Crippen molar-refractivity contribution < 1.29 is 19.1 Å². The number of hydrogen-bond acceptors (Lipinski definition) is 5. The third-order valence-electron chi connectivity index (χ3n) is 4.64. The summed E-state index contributed by atoms with van der Waals surface area (Å²) >= 11 is 11.6. The van der Waals surface area contributed by atoms with Gasteiger partial charge in [-0.05, 0) is 55.4 Å². The Hall–Kier alpha value is -3.16. The first kappa shape index (κ1) is 23.5. The molecule has 0 unspecified atom stereocenters. The van der Waals surface area contributed by atoms with Gasteiger partial charge in [0, 0.05) is 6.54 Å². The summed E-state index contributed by atoms with van der Waals surface area (Å²) in [6, 6.07) is 11.3. The zero-order valence-electron chi connectivity index (χ0n) is 17.8. The lowest BCUT2D eigenvalue weighted by molar-refractivity contribution is -0.128. The second kappa shape index (κ2) is 10.4. The summed E-state index contributed by atoms with van der Waals surface area (Å²) in [5.41, 5.74) is 2.61. The van der Waals surface area contributed by atoms with Gasteiger partial charge in [-0.2, -0.15) is 0 Å². The van der Waals surface area contributed by atoms with E-state index in [-0.39, 0.29) is 17.2 Å². The molecule has 8 heteroatoms. The molecule has 1 N–H and O–H groups in total. The van der Waals surface area contributed by atoms with Crippen molar-refractivity contribution in [1.82, 2.24) is 10.2 Å². The van der Waals surface area contributed by atoms with Crippen LogP contribution in [0.15, 0.2) is 54.6 Å². The number of nitrogens with zero attached hydrogens (tertiary/aromatic N) is 1. The molecule has 3 rings (SSSR count). The largest absolute Gasteiger partial charge is 0.490 e. The van der Waals surface area contributed by atoms with E-state index in [1.807, 2.05) is 38.1 Å². The van der Waals surface area contributed by atoms with E-state index in [1.165, 1.54) is 17.1 Å². The van der Waals surface area contributed by atoms with E-state index in [1.54, 1.807) is 12.1 Å². The lowest BCUT2D eigenvalue weighted by Gasteiger charge is -2.27. The first-order valence-electron chi connectivity index (χ1n) is 9.98. The molecular formula is C24H23ClN2O4S. The SMILES string of the molecule is C=CCN1C(=O)/C(=C/c2cc(Cl)c(OCc3ccc(C)cc3)c(OCC)c2)C(=O)NC1=S. The van der Waals surface area contributed by atoms with E-state index in [0.717, 1.165) is 11.1 Å². The van der Waals surface area contributed by atoms with Gasteiger partial charge in [0.2, 0.25) is 0 Å². The molecule has 0 bridgehead atoms. The molecule has 1 saturated heterocycles. The van der Waals surface area contributed by atoms with Crippen molar-refractivity contribution in [3.05, 3.63) is 76.3 Å². The van der Waals surface area contributed by atoms with Crippen molar-refractivity contribution in [3.63, 3.8) is 0 Å². The molecule has 0 aliphatic carbocycles. The van der Waals surface area contributed by atoms with Crippen LogP contribution in [-0.2, 0) is 16.2 Å². The summed E-state index contributed by atoms with van der Waals surface area (Å²) in [7, 11) is 0. The third-order valence-corrected chi connectivity index (χ3v) is 5.25. The summed E-state index contributed by atoms with van der Waals surface area (Å²) in [6.07, 6.45) is 2.98. The van der Waals surface area contributed by atoms with E-state index >= 15 is 0 Å². The fourth-order valence-corrected chi connectivity index (χ4v) is 3.59. The van der Waals surface area contributed by atoms with Gasteiger partial charge in [0.25, 0.3) is 11.8 Å². The Morgan fingerprint density at radius 1 is 1.19 bits per heavy atom. The number of rotatable bonds is 8. The first-order valence-corrected chi connectivity index (χ1v) is 10.8. The predicted octanol–water partition coefficient (Wildman–Crippen LogP) is 4.44. The van der Waals surface area contributed by atoms with Crippen LogP contribution >= 0.6 is 23.8 Å². The molecule has 0 spiro atoms. The Bertz CT molecular complexity index is 1100. The van der Waals surface area contributed by atoms with Crippen LogP contribution in [0.3, 0.4) is 0 Å². The van der Waals surface area contributed by atoms with Gasteiger partial charge in [0.05, 0.1) is 11.6 Å². The van der Waals surface area contributed by atoms with E-state index < -0.39 is 11.8 Å². The molecule has 1 fully saturated rings. The lowest BCUT2D eigenvalue weighted by Crippen LogP contribution is -2.53. The topological polar surface area (TPSA) is 67.9 Å². The second-order valence-electron chi connectivity index (χ2n) is 7.06. The van der Waals surface area contributed by atoms with E-state index in [0.29, 0.717) is 35.3 Å². The van der Waals surface area contributed by atoms with Gasteiger partial charge in [0.1, 0.15) is 12.2 Å². The highest BCUT2D eigenvalue weighted by Gasteiger charge is 2.32. The number of carbonyl (C=O) groups excluding carboxylic acids is 2. The number of amides is 2. The van der Waals surface area contributed by atoms with Crippen molar-refractivity contribution in [2.45, 2.75) is 20.5 Å². The van der Waals surface area contributed by atoms with Crippen molar-refractivity contribution in [3.8, 4) is 11.5 Å². The maximum Gasteiger partial charge on any atom is 0.265 e. The molecule has 6 nitrogen and oxygen atoms in total. The number of nitrogens with one attached hydrogen (secondary N) is 1. The number of carbonyl (C=O) groups is 2. The van der Waals surface area contributed by atoms with Crippen LogP contribution in [0.5, 0.6) is 11.5 Å². The molecule has 166 valence electrons. The average molecular weight is 471 g/mol. The predicted molar refractivity (Wildman–Crippen MR) is 129 cm³/mol. The Labute approximate surface area is 197 Å². The minimum atomic E-state index is -0.575. The van der Waals surface area contributed by atoms with Gasteiger partial charge in [-0.25, -0.2) is 0 Å². The number of benzene rings is 2. The minimum Gasteiger partial charge on any atom is -0.490 e. The first-order chi connectivity index (χ1) is 15.3. The Balaban J connectivity index is 1.91. The zero-order chi connectivity index (χ0) is 23.3. The highest BCUT2D eigenvalue weighted by molar-refractivity contribution is 7.80. The molecule has 1 heterocycles. The summed E-state index contributed by atoms with van der Waals surface area (Å²) in [5, 5.41) is 2.86. The van der Waals surface area contributed by atoms with E-state index in [4.69, 9.17) is 33.3 Å². The van der Waals surface area contributed by atoms with Crippen LogP contribution in [0.1, 0.15) is 23.6 Å². The van der Waals surface area contributed by atoms with Gasteiger partial charge in [-0.1, -0.05) is 47.5 Å². The fraction of sp³-hybridized carbons (Fsp3) is 0.208. The number of halogens is 1. The van der Waals surface area contributed by atoms with Crippen molar-refractivity contribution in [2.24, 2.45) is 0 Å². The quantitative estimate of drug-likeness (QED) is 0.267. The molecule has 0 atom stereocenters. The average Bonchev–Trinajstić information content (AvgIpc) is 2.75. The fourth-order valence-electron chi connectivity index (χ4n) is 3.07. The van der Waals surface area contributed by atoms with Gasteiger partial charge in [0.15, 0.2) is 16.6 Å². The van der Waals surface area contributed by atoms with Crippen LogP contribution in [0.4, 0.5) is 0 Å². The molecule has 32 heavy (non-hydrogen) atoms. The molecule has 2 amide bonds. The Morgan fingerprint density at radius 2 is 1.91 bits per heavy atom. The molecule has 0 aromatic heterocycles. The van der Waals surface area contributed by atoms with Crippen LogP contribution in [-0.4, -0.2) is 35.0 Å². The number of ether oxygens (including phenoxy) is 2. The minimum absolute atomic E-state index is 0.0462.